The summed E-state index contributed by atoms with van der Waals surface area (Å²) in [6.07, 6.45) is 6.81. The van der Waals surface area contributed by atoms with E-state index in [9.17, 15) is 9.59 Å². The van der Waals surface area contributed by atoms with Crippen molar-refractivity contribution < 1.29 is 19.1 Å². The number of allylic oxidation sites excluding steroid dienone is 1. The number of hydrogen-bond acceptors (Lipinski definition) is 6. The summed E-state index contributed by atoms with van der Waals surface area (Å²) in [5.41, 5.74) is 8.32. The van der Waals surface area contributed by atoms with Gasteiger partial charge in [0.05, 0.1) is 16.3 Å². The first-order chi connectivity index (χ1) is 15.4. The van der Waals surface area contributed by atoms with Crippen LogP contribution in [0.15, 0.2) is 65.4 Å². The van der Waals surface area contributed by atoms with Crippen LogP contribution in [0.3, 0.4) is 0 Å². The van der Waals surface area contributed by atoms with Crippen molar-refractivity contribution in [2.45, 2.75) is 12.8 Å². The number of aromatic carboxylic acids is 1. The molecule has 3 aromatic heterocycles. The molecule has 1 aromatic carbocycles. The Kier molecular flexibility index (Phi) is 6.00. The summed E-state index contributed by atoms with van der Waals surface area (Å²) in [5, 5.41) is 10.2. The van der Waals surface area contributed by atoms with E-state index >= 15 is 0 Å². The number of rotatable bonds is 7. The van der Waals surface area contributed by atoms with Gasteiger partial charge in [-0.3, -0.25) is 9.78 Å². The summed E-state index contributed by atoms with van der Waals surface area (Å²) in [6.45, 7) is 0. The quantitative estimate of drug-likeness (QED) is 0.381. The molecule has 0 aliphatic rings. The number of fused-ring (bicyclic) bond motifs is 1. The maximum atomic E-state index is 12.2. The van der Waals surface area contributed by atoms with Crippen LogP contribution in [0.25, 0.3) is 28.3 Å². The van der Waals surface area contributed by atoms with Gasteiger partial charge in [-0.25, -0.2) is 9.78 Å². The second-order valence-corrected chi connectivity index (χ2v) is 7.55. The Morgan fingerprint density at radius 3 is 2.62 bits per heavy atom. The van der Waals surface area contributed by atoms with Crippen molar-refractivity contribution in [1.29, 1.82) is 0 Å². The van der Waals surface area contributed by atoms with Crippen molar-refractivity contribution in [1.82, 2.24) is 9.97 Å². The summed E-state index contributed by atoms with van der Waals surface area (Å²) in [7, 11) is 0. The third-order valence-corrected chi connectivity index (χ3v) is 5.10. The minimum absolute atomic E-state index is 0.0446. The van der Waals surface area contributed by atoms with Crippen LogP contribution in [-0.4, -0.2) is 26.8 Å². The topological polar surface area (TPSA) is 119 Å². The molecule has 4 aromatic rings. The molecule has 32 heavy (non-hydrogen) atoms. The second-order valence-electron chi connectivity index (χ2n) is 7.14. The number of carbonyl (C=O) groups is 2. The van der Waals surface area contributed by atoms with E-state index in [0.29, 0.717) is 34.3 Å². The average molecular weight is 448 g/mol. The summed E-state index contributed by atoms with van der Waals surface area (Å²) in [5.74, 6) is -0.0132. The van der Waals surface area contributed by atoms with Gasteiger partial charge in [0.15, 0.2) is 11.4 Å². The number of aryl methyl sites for hydroxylation is 1. The number of furan rings is 1. The Morgan fingerprint density at radius 1 is 1.09 bits per heavy atom. The molecule has 0 bridgehead atoms. The van der Waals surface area contributed by atoms with Crippen molar-refractivity contribution >= 4 is 46.2 Å². The number of pyridine rings is 2. The second kappa shape index (κ2) is 9.03. The monoisotopic (exact) mass is 447 g/mol. The first-order valence-electron chi connectivity index (χ1n) is 9.73. The number of aromatic nitrogens is 2. The molecule has 0 aliphatic carbocycles. The number of nitrogen functional groups attached to an aromatic ring is 1. The number of hydrogen-bond donors (Lipinski definition) is 2. The highest BCUT2D eigenvalue weighted by atomic mass is 35.5. The van der Waals surface area contributed by atoms with Gasteiger partial charge in [0.1, 0.15) is 11.6 Å². The fourth-order valence-corrected chi connectivity index (χ4v) is 3.43. The van der Waals surface area contributed by atoms with Gasteiger partial charge in [0, 0.05) is 36.2 Å². The molecule has 0 fully saturated rings. The number of halogens is 1. The molecule has 3 N–H and O–H groups in total. The van der Waals surface area contributed by atoms with Gasteiger partial charge in [-0.05, 0) is 60.2 Å². The van der Waals surface area contributed by atoms with E-state index in [1.807, 2.05) is 12.1 Å². The van der Waals surface area contributed by atoms with Gasteiger partial charge >= 0.3 is 5.97 Å². The molecule has 0 atom stereocenters. The number of anilines is 1. The summed E-state index contributed by atoms with van der Waals surface area (Å²) >= 11 is 6.39. The Hall–Kier alpha value is -3.97. The van der Waals surface area contributed by atoms with Gasteiger partial charge in [-0.15, -0.1) is 0 Å². The number of ketones is 1. The van der Waals surface area contributed by atoms with Crippen molar-refractivity contribution in [3.8, 4) is 11.3 Å². The molecule has 0 amide bonds. The lowest BCUT2D eigenvalue weighted by Gasteiger charge is -2.03. The van der Waals surface area contributed by atoms with E-state index in [-0.39, 0.29) is 17.8 Å². The highest BCUT2D eigenvalue weighted by Gasteiger charge is 2.12. The van der Waals surface area contributed by atoms with E-state index in [0.717, 1.165) is 16.5 Å². The molecule has 160 valence electrons. The van der Waals surface area contributed by atoms with Crippen LogP contribution < -0.4 is 5.73 Å². The number of carboxylic acids is 1. The number of nitrogens with zero attached hydrogens (tertiary/aromatic N) is 2. The van der Waals surface area contributed by atoms with Gasteiger partial charge in [0.25, 0.3) is 0 Å². The first-order valence-corrected chi connectivity index (χ1v) is 10.1. The third kappa shape index (κ3) is 4.84. The van der Waals surface area contributed by atoms with Gasteiger partial charge in [0.2, 0.25) is 0 Å². The van der Waals surface area contributed by atoms with Crippen molar-refractivity contribution in [2.24, 2.45) is 0 Å². The lowest BCUT2D eigenvalue weighted by atomic mass is 10.1. The molecule has 7 nitrogen and oxygen atoms in total. The zero-order chi connectivity index (χ0) is 22.7. The SMILES string of the molecule is Nc1ccc(/C=C/C(=O)CCc2cc3cc(-c4ccc(C(=O)O)cn4)cc(Cl)c3o2)cn1. The molecule has 3 heterocycles. The molecule has 0 saturated heterocycles. The van der Waals surface area contributed by atoms with Crippen LogP contribution in [0.4, 0.5) is 5.82 Å². The molecule has 0 unspecified atom stereocenters. The fourth-order valence-electron chi connectivity index (χ4n) is 3.16. The highest BCUT2D eigenvalue weighted by molar-refractivity contribution is 6.35. The standard InChI is InChI=1S/C24H18ClN3O4/c25-20-11-16(21-7-3-15(13-27-21)24(30)31)9-17-10-19(32-23(17)20)6-5-18(29)4-1-14-2-8-22(26)28-12-14/h1-4,7-13H,5-6H2,(H2,26,28)(H,30,31)/b4-1+. The zero-order valence-electron chi connectivity index (χ0n) is 16.8. The van der Waals surface area contributed by atoms with Crippen molar-refractivity contribution in [2.75, 3.05) is 5.73 Å². The van der Waals surface area contributed by atoms with E-state index in [1.54, 1.807) is 36.5 Å². The van der Waals surface area contributed by atoms with Gasteiger partial charge in [-0.2, -0.15) is 0 Å². The number of carboxylic acid groups (broad SMARTS) is 1. The summed E-state index contributed by atoms with van der Waals surface area (Å²) < 4.78 is 5.84. The van der Waals surface area contributed by atoms with Crippen LogP contribution in [0.5, 0.6) is 0 Å². The summed E-state index contributed by atoms with van der Waals surface area (Å²) in [4.78, 5) is 31.4. The Labute approximate surface area is 188 Å². The van der Waals surface area contributed by atoms with Crippen LogP contribution in [-0.2, 0) is 11.2 Å². The Morgan fingerprint density at radius 2 is 1.94 bits per heavy atom. The number of benzene rings is 1. The predicted octanol–water partition coefficient (Wildman–Crippen LogP) is 5.04. The van der Waals surface area contributed by atoms with Crippen molar-refractivity contribution in [3.05, 3.63) is 82.8 Å². The molecule has 0 spiro atoms. The minimum atomic E-state index is -1.04. The van der Waals surface area contributed by atoms with E-state index in [1.165, 1.54) is 18.3 Å². The zero-order valence-corrected chi connectivity index (χ0v) is 17.5. The van der Waals surface area contributed by atoms with Crippen LogP contribution in [0.1, 0.15) is 28.1 Å². The maximum absolute atomic E-state index is 12.2. The fraction of sp³-hybridized carbons (Fsp3) is 0.0833. The molecule has 0 saturated carbocycles. The highest BCUT2D eigenvalue weighted by Crippen LogP contribution is 2.32. The molecule has 0 aliphatic heterocycles. The molecular formula is C24H18ClN3O4. The van der Waals surface area contributed by atoms with Crippen LogP contribution >= 0.6 is 11.6 Å². The largest absolute Gasteiger partial charge is 0.478 e. The minimum Gasteiger partial charge on any atom is -0.478 e. The number of carbonyl (C=O) groups excluding carboxylic acids is 1. The van der Waals surface area contributed by atoms with Crippen molar-refractivity contribution in [3.63, 3.8) is 0 Å². The maximum Gasteiger partial charge on any atom is 0.337 e. The van der Waals surface area contributed by atoms with Crippen LogP contribution in [0.2, 0.25) is 5.02 Å². The van der Waals surface area contributed by atoms with E-state index in [2.05, 4.69) is 9.97 Å². The first kappa shape index (κ1) is 21.3. The lowest BCUT2D eigenvalue weighted by molar-refractivity contribution is -0.114. The van der Waals surface area contributed by atoms with Crippen LogP contribution in [0, 0.1) is 0 Å². The third-order valence-electron chi connectivity index (χ3n) is 4.82. The Bertz CT molecular complexity index is 1330. The normalized spacial score (nSPS) is 11.3. The van der Waals surface area contributed by atoms with Gasteiger partial charge < -0.3 is 15.3 Å². The van der Waals surface area contributed by atoms with Gasteiger partial charge in [-0.1, -0.05) is 11.6 Å². The smallest absolute Gasteiger partial charge is 0.337 e. The molecule has 4 rings (SSSR count). The van der Waals surface area contributed by atoms with E-state index in [4.69, 9.17) is 26.9 Å². The molecule has 8 heteroatoms. The summed E-state index contributed by atoms with van der Waals surface area (Å²) in [6, 6.07) is 12.0. The molecular weight excluding hydrogens is 430 g/mol. The lowest BCUT2D eigenvalue weighted by Crippen LogP contribution is -1.97. The average Bonchev–Trinajstić information content (AvgIpc) is 3.21. The number of nitrogens with two attached hydrogens (primary N) is 1. The van der Waals surface area contributed by atoms with E-state index < -0.39 is 5.97 Å². The molecule has 0 radical (unpaired) electrons. The Balaban J connectivity index is 1.47. The predicted molar refractivity (Wildman–Crippen MR) is 122 cm³/mol.